The smallest absolute Gasteiger partial charge is 0.390 e. The van der Waals surface area contributed by atoms with Crippen molar-refractivity contribution in [2.24, 2.45) is 5.41 Å². The molecule has 0 amide bonds. The van der Waals surface area contributed by atoms with Gasteiger partial charge in [0, 0.05) is 7.11 Å². The number of hydrogen-bond donors (Lipinski definition) is 1. The highest BCUT2D eigenvalue weighted by molar-refractivity contribution is 7.94. The van der Waals surface area contributed by atoms with Gasteiger partial charge >= 0.3 is 13.6 Å². The van der Waals surface area contributed by atoms with Gasteiger partial charge in [-0.25, -0.2) is 4.57 Å². The zero-order valence-corrected chi connectivity index (χ0v) is 23.2. The minimum absolute atomic E-state index is 0.158. The largest absolute Gasteiger partial charge is 0.401 e. The van der Waals surface area contributed by atoms with Crippen molar-refractivity contribution in [3.63, 3.8) is 0 Å². The molecule has 192 valence electrons. The van der Waals surface area contributed by atoms with Crippen LogP contribution in [0.1, 0.15) is 93.4 Å². The molecule has 0 spiro atoms. The average molecular weight is 507 g/mol. The van der Waals surface area contributed by atoms with Gasteiger partial charge in [0.2, 0.25) is 0 Å². The molecular formula is C24H43O7PS. The van der Waals surface area contributed by atoms with Crippen LogP contribution in [0, 0.1) is 5.41 Å². The minimum Gasteiger partial charge on any atom is -0.390 e. The van der Waals surface area contributed by atoms with Crippen LogP contribution in [0.2, 0.25) is 0 Å². The summed E-state index contributed by atoms with van der Waals surface area (Å²) in [5, 5.41) is 0. The molecule has 1 N–H and O–H groups in total. The first-order valence-electron chi connectivity index (χ1n) is 11.3. The summed E-state index contributed by atoms with van der Waals surface area (Å²) < 4.78 is 56.2. The molecule has 9 heteroatoms. The molecule has 0 heterocycles. The first-order valence-corrected chi connectivity index (χ1v) is 14.4. The Kier molecular flexibility index (Phi) is 13.7. The lowest BCUT2D eigenvalue weighted by molar-refractivity contribution is -0.143. The first-order chi connectivity index (χ1) is 15.0. The Morgan fingerprint density at radius 1 is 0.970 bits per heavy atom. The molecule has 0 saturated heterocycles. The maximum atomic E-state index is 13.0. The molecule has 7 nitrogen and oxygen atoms in total. The highest BCUT2D eigenvalue weighted by Crippen LogP contribution is 2.56. The fourth-order valence-electron chi connectivity index (χ4n) is 2.92. The Morgan fingerprint density at radius 3 is 1.88 bits per heavy atom. The van der Waals surface area contributed by atoms with Gasteiger partial charge in [0.15, 0.2) is 4.99 Å². The zero-order chi connectivity index (χ0) is 25.9. The van der Waals surface area contributed by atoms with Crippen molar-refractivity contribution >= 4 is 23.7 Å². The summed E-state index contributed by atoms with van der Waals surface area (Å²) >= 11 is 0. The fraction of sp³-hybridized carbons (Fsp3) is 0.708. The molecule has 0 saturated carbocycles. The average Bonchev–Trinajstić information content (AvgIpc) is 2.65. The molecule has 0 aliphatic carbocycles. The van der Waals surface area contributed by atoms with Gasteiger partial charge in [0.1, 0.15) is 0 Å². The monoisotopic (exact) mass is 506 g/mol. The lowest BCUT2D eigenvalue weighted by atomic mass is 9.98. The molecular weight excluding hydrogens is 463 g/mol. The Labute approximate surface area is 201 Å². The predicted octanol–water partition coefficient (Wildman–Crippen LogP) is 7.22. The van der Waals surface area contributed by atoms with E-state index in [1.807, 2.05) is 13.0 Å². The van der Waals surface area contributed by atoms with E-state index in [0.29, 0.717) is 12.8 Å². The predicted molar refractivity (Wildman–Crippen MR) is 135 cm³/mol. The van der Waals surface area contributed by atoms with E-state index in [-0.39, 0.29) is 6.42 Å². The lowest BCUT2D eigenvalue weighted by Crippen LogP contribution is -2.28. The molecule has 0 aliphatic heterocycles. The molecule has 33 heavy (non-hydrogen) atoms. The van der Waals surface area contributed by atoms with E-state index in [1.54, 1.807) is 20.8 Å². The third-order valence-corrected chi connectivity index (χ3v) is 9.43. The van der Waals surface area contributed by atoms with Crippen molar-refractivity contribution in [2.45, 2.75) is 98.4 Å². The van der Waals surface area contributed by atoms with Gasteiger partial charge in [-0.2, -0.15) is 8.42 Å². The van der Waals surface area contributed by atoms with Gasteiger partial charge in [0.05, 0.1) is 5.41 Å². The van der Waals surface area contributed by atoms with Crippen molar-refractivity contribution in [3.8, 4) is 0 Å². The SMILES string of the molecule is COP(=O)(OC(=O)C(C)(C)C)C(CCCC=C(C)CCC=C(C)CCC=C(C)C)S(=O)(=O)O. The second-order valence-electron chi connectivity index (χ2n) is 9.71. The molecule has 0 aromatic rings. The fourth-order valence-corrected chi connectivity index (χ4v) is 6.50. The number of allylic oxidation sites excluding steroid dienone is 6. The molecule has 0 aliphatic rings. The maximum Gasteiger partial charge on any atom is 0.401 e. The number of unbranched alkanes of at least 4 members (excludes halogenated alkanes) is 1. The van der Waals surface area contributed by atoms with E-state index < -0.39 is 34.1 Å². The number of hydrogen-bond acceptors (Lipinski definition) is 6. The van der Waals surface area contributed by atoms with Crippen molar-refractivity contribution in [1.29, 1.82) is 0 Å². The first kappa shape index (κ1) is 31.8. The van der Waals surface area contributed by atoms with E-state index in [4.69, 9.17) is 9.05 Å². The molecule has 2 atom stereocenters. The van der Waals surface area contributed by atoms with Crippen LogP contribution >= 0.6 is 7.60 Å². The topological polar surface area (TPSA) is 107 Å². The highest BCUT2D eigenvalue weighted by Gasteiger charge is 2.47. The normalized spacial score (nSPS) is 16.2. The third-order valence-electron chi connectivity index (χ3n) is 5.04. The van der Waals surface area contributed by atoms with Crippen LogP contribution in [-0.4, -0.2) is 31.0 Å². The van der Waals surface area contributed by atoms with Crippen LogP contribution in [0.3, 0.4) is 0 Å². The Hall–Kier alpha value is -1.21. The van der Waals surface area contributed by atoms with Gasteiger partial charge < -0.3 is 9.05 Å². The molecule has 0 fully saturated rings. The van der Waals surface area contributed by atoms with Crippen molar-refractivity contribution < 1.29 is 31.4 Å². The van der Waals surface area contributed by atoms with Gasteiger partial charge in [-0.1, -0.05) is 34.9 Å². The zero-order valence-electron chi connectivity index (χ0n) is 21.5. The van der Waals surface area contributed by atoms with E-state index in [1.165, 1.54) is 16.7 Å². The lowest BCUT2D eigenvalue weighted by Gasteiger charge is -2.26. The van der Waals surface area contributed by atoms with Gasteiger partial charge in [0.25, 0.3) is 10.1 Å². The van der Waals surface area contributed by atoms with Gasteiger partial charge in [-0.05, 0) is 93.4 Å². The van der Waals surface area contributed by atoms with Gasteiger partial charge in [-0.3, -0.25) is 9.35 Å². The van der Waals surface area contributed by atoms with Crippen molar-refractivity contribution in [1.82, 2.24) is 0 Å². The molecule has 0 rings (SSSR count). The summed E-state index contributed by atoms with van der Waals surface area (Å²) in [6, 6.07) is 0. The van der Waals surface area contributed by atoms with E-state index in [0.717, 1.165) is 32.8 Å². The number of carbonyl (C=O) groups excluding carboxylic acids is 1. The standard InChI is InChI=1S/C24H43O7PS/c1-19(2)13-11-15-21(4)17-12-16-20(3)14-9-10-18-22(33(27,28)29)32(26,30-8)31-23(25)24(5,6)7/h13-14,17,22H,9-12,15-16,18H2,1-8H3,(H,27,28,29). The van der Waals surface area contributed by atoms with Crippen molar-refractivity contribution in [2.75, 3.05) is 7.11 Å². The third kappa shape index (κ3) is 13.3. The maximum absolute atomic E-state index is 13.0. The van der Waals surface area contributed by atoms with E-state index in [9.17, 15) is 22.3 Å². The molecule has 0 bridgehead atoms. The molecule has 0 aromatic carbocycles. The summed E-state index contributed by atoms with van der Waals surface area (Å²) in [6.07, 6.45) is 11.1. The quantitative estimate of drug-likeness (QED) is 0.115. The van der Waals surface area contributed by atoms with Crippen LogP contribution in [0.25, 0.3) is 0 Å². The van der Waals surface area contributed by atoms with Crippen molar-refractivity contribution in [3.05, 3.63) is 34.9 Å². The van der Waals surface area contributed by atoms with Crippen LogP contribution < -0.4 is 0 Å². The number of rotatable bonds is 14. The molecule has 0 radical (unpaired) electrons. The van der Waals surface area contributed by atoms with Crippen LogP contribution in [0.5, 0.6) is 0 Å². The summed E-state index contributed by atoms with van der Waals surface area (Å²) in [6.45, 7) is 13.0. The Balaban J connectivity index is 4.92. The summed E-state index contributed by atoms with van der Waals surface area (Å²) in [5.74, 6) is -0.860. The number of carbonyl (C=O) groups is 1. The summed E-state index contributed by atoms with van der Waals surface area (Å²) in [5.41, 5.74) is 2.85. The van der Waals surface area contributed by atoms with Crippen LogP contribution in [-0.2, 0) is 28.5 Å². The minimum atomic E-state index is -4.76. The second kappa shape index (κ2) is 14.2. The van der Waals surface area contributed by atoms with Gasteiger partial charge in [-0.15, -0.1) is 0 Å². The summed E-state index contributed by atoms with van der Waals surface area (Å²) in [4.78, 5) is 10.3. The summed E-state index contributed by atoms with van der Waals surface area (Å²) in [7, 11) is -8.17. The molecule has 0 aromatic heterocycles. The van der Waals surface area contributed by atoms with Crippen LogP contribution in [0.4, 0.5) is 0 Å². The second-order valence-corrected chi connectivity index (χ2v) is 13.9. The molecule has 2 unspecified atom stereocenters. The van der Waals surface area contributed by atoms with Crippen LogP contribution in [0.15, 0.2) is 34.9 Å². The Morgan fingerprint density at radius 2 is 1.45 bits per heavy atom. The van der Waals surface area contributed by atoms with E-state index >= 15 is 0 Å². The highest BCUT2D eigenvalue weighted by atomic mass is 32.2. The Bertz CT molecular complexity index is 873. The van der Waals surface area contributed by atoms with E-state index in [2.05, 4.69) is 32.9 Å².